The first kappa shape index (κ1) is 16.1. The number of aryl methyl sites for hydroxylation is 1. The Kier molecular flexibility index (Phi) is 5.51. The van der Waals surface area contributed by atoms with E-state index >= 15 is 0 Å². The van der Waals surface area contributed by atoms with E-state index in [1.165, 1.54) is 31.7 Å². The summed E-state index contributed by atoms with van der Waals surface area (Å²) in [5.41, 5.74) is 0.925. The molecule has 2 rings (SSSR count). The van der Waals surface area contributed by atoms with E-state index in [0.29, 0.717) is 17.9 Å². The summed E-state index contributed by atoms with van der Waals surface area (Å²) in [5, 5.41) is 10.8. The molecule has 0 atom stereocenters. The molecule has 0 saturated heterocycles. The molecule has 21 heavy (non-hydrogen) atoms. The molecule has 1 aliphatic rings. The Morgan fingerprint density at radius 3 is 2.48 bits per heavy atom. The number of ether oxygens (including phenoxy) is 1. The largest absolute Gasteiger partial charge is 0.493 e. The Hall–Kier alpha value is -1.23. The summed E-state index contributed by atoms with van der Waals surface area (Å²) >= 11 is 4.54. The van der Waals surface area contributed by atoms with Gasteiger partial charge in [0, 0.05) is 17.0 Å². The van der Waals surface area contributed by atoms with E-state index in [-0.39, 0.29) is 16.0 Å². The number of hydrogen-bond acceptors (Lipinski definition) is 4. The van der Waals surface area contributed by atoms with Crippen LogP contribution in [0, 0.1) is 22.5 Å². The van der Waals surface area contributed by atoms with Gasteiger partial charge in [-0.05, 0) is 37.7 Å². The zero-order valence-electron chi connectivity index (χ0n) is 12.5. The minimum absolute atomic E-state index is 0.140. The van der Waals surface area contributed by atoms with Crippen LogP contribution in [0.5, 0.6) is 5.75 Å². The first-order chi connectivity index (χ1) is 10.1. The molecule has 0 spiro atoms. The standard InChI is InChI=1S/C16H23NO3S/c1-13-10-14(6-7-15(13)17(18)19)20-11-16(12-21)8-4-2-3-5-9-16/h6-7,10,21H,2-5,8-9,11-12H2,1H3. The van der Waals surface area contributed by atoms with Crippen molar-refractivity contribution in [2.75, 3.05) is 12.4 Å². The molecule has 1 aromatic rings. The van der Waals surface area contributed by atoms with Crippen molar-refractivity contribution in [2.45, 2.75) is 45.4 Å². The van der Waals surface area contributed by atoms with Gasteiger partial charge in [-0.3, -0.25) is 10.1 Å². The third-order valence-electron chi connectivity index (χ3n) is 4.41. The molecule has 1 aromatic carbocycles. The lowest BCUT2D eigenvalue weighted by Gasteiger charge is -2.31. The molecule has 4 nitrogen and oxygen atoms in total. The topological polar surface area (TPSA) is 52.4 Å². The molecule has 0 unspecified atom stereocenters. The quantitative estimate of drug-likeness (QED) is 0.376. The molecule has 0 bridgehead atoms. The van der Waals surface area contributed by atoms with Crippen molar-refractivity contribution >= 4 is 18.3 Å². The summed E-state index contributed by atoms with van der Waals surface area (Å²) in [5.74, 6) is 1.54. The van der Waals surface area contributed by atoms with Gasteiger partial charge >= 0.3 is 0 Å². The minimum atomic E-state index is -0.361. The highest BCUT2D eigenvalue weighted by atomic mass is 32.1. The van der Waals surface area contributed by atoms with Crippen LogP contribution in [-0.4, -0.2) is 17.3 Å². The first-order valence-corrected chi connectivity index (χ1v) is 8.18. The molecule has 1 aliphatic carbocycles. The van der Waals surface area contributed by atoms with Crippen LogP contribution in [0.3, 0.4) is 0 Å². The van der Waals surface area contributed by atoms with Crippen LogP contribution in [0.1, 0.15) is 44.1 Å². The number of nitro benzene ring substituents is 1. The molecule has 0 N–H and O–H groups in total. The van der Waals surface area contributed by atoms with Gasteiger partial charge in [0.2, 0.25) is 0 Å². The predicted octanol–water partition coefficient (Wildman–Crippen LogP) is 4.55. The summed E-state index contributed by atoms with van der Waals surface area (Å²) in [4.78, 5) is 10.5. The van der Waals surface area contributed by atoms with Gasteiger partial charge in [0.15, 0.2) is 0 Å². The molecule has 1 saturated carbocycles. The van der Waals surface area contributed by atoms with Gasteiger partial charge in [0.1, 0.15) is 5.75 Å². The first-order valence-electron chi connectivity index (χ1n) is 7.55. The average molecular weight is 309 g/mol. The fourth-order valence-corrected chi connectivity index (χ4v) is 3.39. The van der Waals surface area contributed by atoms with Crippen LogP contribution in [0.4, 0.5) is 5.69 Å². The molecule has 116 valence electrons. The fourth-order valence-electron chi connectivity index (χ4n) is 2.99. The summed E-state index contributed by atoms with van der Waals surface area (Å²) in [7, 11) is 0. The number of benzene rings is 1. The van der Waals surface area contributed by atoms with Gasteiger partial charge in [-0.1, -0.05) is 25.7 Å². The highest BCUT2D eigenvalue weighted by Gasteiger charge is 2.30. The maximum absolute atomic E-state index is 10.8. The summed E-state index contributed by atoms with van der Waals surface area (Å²) in [6, 6.07) is 4.96. The molecule has 0 radical (unpaired) electrons. The van der Waals surface area contributed by atoms with E-state index in [1.807, 2.05) is 0 Å². The van der Waals surface area contributed by atoms with Crippen molar-refractivity contribution < 1.29 is 9.66 Å². The van der Waals surface area contributed by atoms with E-state index in [4.69, 9.17) is 4.74 Å². The maximum Gasteiger partial charge on any atom is 0.272 e. The average Bonchev–Trinajstić information content (AvgIpc) is 2.71. The number of hydrogen-bond donors (Lipinski definition) is 1. The number of nitrogens with zero attached hydrogens (tertiary/aromatic N) is 1. The van der Waals surface area contributed by atoms with Crippen molar-refractivity contribution in [3.8, 4) is 5.75 Å². The summed E-state index contributed by atoms with van der Waals surface area (Å²) < 4.78 is 5.94. The van der Waals surface area contributed by atoms with E-state index < -0.39 is 0 Å². The molecule has 5 heteroatoms. The van der Waals surface area contributed by atoms with Crippen molar-refractivity contribution in [2.24, 2.45) is 5.41 Å². The molecule has 0 heterocycles. The van der Waals surface area contributed by atoms with Gasteiger partial charge < -0.3 is 4.74 Å². The summed E-state index contributed by atoms with van der Waals surface area (Å²) in [6.07, 6.45) is 7.38. The lowest BCUT2D eigenvalue weighted by atomic mass is 9.83. The lowest BCUT2D eigenvalue weighted by molar-refractivity contribution is -0.385. The van der Waals surface area contributed by atoms with Crippen LogP contribution >= 0.6 is 12.6 Å². The van der Waals surface area contributed by atoms with Crippen molar-refractivity contribution in [1.29, 1.82) is 0 Å². The lowest BCUT2D eigenvalue weighted by Crippen LogP contribution is -2.30. The molecule has 0 amide bonds. The van der Waals surface area contributed by atoms with E-state index in [9.17, 15) is 10.1 Å². The number of nitro groups is 1. The highest BCUT2D eigenvalue weighted by molar-refractivity contribution is 7.80. The number of rotatable bonds is 5. The zero-order valence-corrected chi connectivity index (χ0v) is 13.4. The molecule has 0 aromatic heterocycles. The monoisotopic (exact) mass is 309 g/mol. The van der Waals surface area contributed by atoms with Gasteiger partial charge in [0.05, 0.1) is 11.5 Å². The molecular weight excluding hydrogens is 286 g/mol. The van der Waals surface area contributed by atoms with Crippen LogP contribution in [0.15, 0.2) is 18.2 Å². The van der Waals surface area contributed by atoms with Crippen LogP contribution in [-0.2, 0) is 0 Å². The zero-order chi connectivity index (χ0) is 15.3. The third-order valence-corrected chi connectivity index (χ3v) is 5.08. The van der Waals surface area contributed by atoms with Crippen molar-refractivity contribution in [3.05, 3.63) is 33.9 Å². The highest BCUT2D eigenvalue weighted by Crippen LogP contribution is 2.37. The Balaban J connectivity index is 2.04. The van der Waals surface area contributed by atoms with Gasteiger partial charge in [-0.25, -0.2) is 0 Å². The van der Waals surface area contributed by atoms with E-state index in [0.717, 1.165) is 18.6 Å². The molecule has 1 fully saturated rings. The Bertz CT molecular complexity index is 496. The second kappa shape index (κ2) is 7.16. The van der Waals surface area contributed by atoms with Gasteiger partial charge in [0.25, 0.3) is 5.69 Å². The van der Waals surface area contributed by atoms with Crippen molar-refractivity contribution in [1.82, 2.24) is 0 Å². The second-order valence-electron chi connectivity index (χ2n) is 6.07. The Morgan fingerprint density at radius 2 is 1.95 bits per heavy atom. The van der Waals surface area contributed by atoms with Crippen LogP contribution in [0.2, 0.25) is 0 Å². The normalized spacial score (nSPS) is 18.0. The Labute approximate surface area is 131 Å². The second-order valence-corrected chi connectivity index (χ2v) is 6.38. The van der Waals surface area contributed by atoms with Crippen LogP contribution in [0.25, 0.3) is 0 Å². The van der Waals surface area contributed by atoms with E-state index in [1.54, 1.807) is 19.1 Å². The van der Waals surface area contributed by atoms with Crippen LogP contribution < -0.4 is 4.74 Å². The maximum atomic E-state index is 10.8. The SMILES string of the molecule is Cc1cc(OCC2(CS)CCCCCC2)ccc1[N+](=O)[O-]. The molecular formula is C16H23NO3S. The number of thiol groups is 1. The smallest absolute Gasteiger partial charge is 0.272 e. The van der Waals surface area contributed by atoms with Crippen molar-refractivity contribution in [3.63, 3.8) is 0 Å². The van der Waals surface area contributed by atoms with E-state index in [2.05, 4.69) is 12.6 Å². The summed E-state index contributed by atoms with van der Waals surface area (Å²) in [6.45, 7) is 2.39. The van der Waals surface area contributed by atoms with Gasteiger partial charge in [-0.15, -0.1) is 0 Å². The van der Waals surface area contributed by atoms with Gasteiger partial charge in [-0.2, -0.15) is 12.6 Å². The fraction of sp³-hybridized carbons (Fsp3) is 0.625. The predicted molar refractivity (Wildman–Crippen MR) is 87.3 cm³/mol. The third kappa shape index (κ3) is 4.13. The Morgan fingerprint density at radius 1 is 1.29 bits per heavy atom. The molecule has 0 aliphatic heterocycles. The minimum Gasteiger partial charge on any atom is -0.493 e.